The van der Waals surface area contributed by atoms with E-state index in [4.69, 9.17) is 0 Å². The molecule has 0 aromatic carbocycles. The first-order valence-corrected chi connectivity index (χ1v) is 2.53. The highest BCUT2D eigenvalue weighted by molar-refractivity contribution is 5.00. The molecule has 1 aromatic rings. The smallest absolute Gasteiger partial charge is 0.105 e. The Bertz CT molecular complexity index is 169. The van der Waals surface area contributed by atoms with E-state index in [0.717, 1.165) is 11.5 Å². The van der Waals surface area contributed by atoms with Crippen LogP contribution in [0.25, 0.3) is 0 Å². The number of hydrogen-bond acceptors (Lipinski definition) is 1. The number of imidazole rings is 1. The lowest BCUT2D eigenvalue weighted by atomic mass is 10.6. The molecule has 8 heavy (non-hydrogen) atoms. The van der Waals surface area contributed by atoms with Crippen LogP contribution in [0.3, 0.4) is 0 Å². The van der Waals surface area contributed by atoms with Crippen molar-refractivity contribution in [3.63, 3.8) is 0 Å². The van der Waals surface area contributed by atoms with E-state index in [1.54, 1.807) is 4.57 Å². The van der Waals surface area contributed by atoms with Gasteiger partial charge in [-0.25, -0.2) is 4.98 Å². The maximum Gasteiger partial charge on any atom is 0.105 e. The molecule has 2 heteroatoms. The van der Waals surface area contributed by atoms with E-state index < -0.39 is 0 Å². The summed E-state index contributed by atoms with van der Waals surface area (Å²) < 4.78 is 1.76. The van der Waals surface area contributed by atoms with Gasteiger partial charge in [0.15, 0.2) is 0 Å². The molecule has 0 saturated carbocycles. The summed E-state index contributed by atoms with van der Waals surface area (Å²) in [6.45, 7) is 3.88. The second-order valence-electron chi connectivity index (χ2n) is 1.90. The topological polar surface area (TPSA) is 17.8 Å². The van der Waals surface area contributed by atoms with Crippen LogP contribution in [0.1, 0.15) is 11.5 Å². The predicted molar refractivity (Wildman–Crippen MR) is 32.5 cm³/mol. The normalized spacial score (nSPS) is 9.88. The van der Waals surface area contributed by atoms with Crippen molar-refractivity contribution in [2.75, 3.05) is 0 Å². The molecule has 1 heterocycles. The van der Waals surface area contributed by atoms with Crippen LogP contribution < -0.4 is 0 Å². The van der Waals surface area contributed by atoms with Gasteiger partial charge in [0.1, 0.15) is 5.82 Å². The van der Waals surface area contributed by atoms with Crippen LogP contribution in [0.5, 0.6) is 0 Å². The molecule has 0 fully saturated rings. The second-order valence-corrected chi connectivity index (χ2v) is 1.90. The Balaban J connectivity index is 3.14. The van der Waals surface area contributed by atoms with Gasteiger partial charge < -0.3 is 4.57 Å². The third kappa shape index (κ3) is 0.735. The molecule has 0 aliphatic rings. The van der Waals surface area contributed by atoms with Crippen molar-refractivity contribution in [3.05, 3.63) is 24.8 Å². The zero-order valence-corrected chi connectivity index (χ0v) is 5.18. The third-order valence-corrected chi connectivity index (χ3v) is 1.10. The van der Waals surface area contributed by atoms with Gasteiger partial charge in [-0.1, -0.05) is 0 Å². The van der Waals surface area contributed by atoms with E-state index in [0.29, 0.717) is 0 Å². The van der Waals surface area contributed by atoms with E-state index in [9.17, 15) is 0 Å². The molecule has 0 bridgehead atoms. The molecule has 0 aliphatic carbocycles. The van der Waals surface area contributed by atoms with Gasteiger partial charge in [-0.2, -0.15) is 0 Å². The molecule has 2 nitrogen and oxygen atoms in total. The fourth-order valence-electron chi connectivity index (χ4n) is 0.667. The first kappa shape index (κ1) is 5.35. The molecule has 0 saturated heterocycles. The SMILES string of the molecule is [CH2]n1cc(C)nc1C. The van der Waals surface area contributed by atoms with Crippen LogP contribution in [-0.2, 0) is 0 Å². The fourth-order valence-corrected chi connectivity index (χ4v) is 0.667. The Kier molecular flexibility index (Phi) is 1.08. The van der Waals surface area contributed by atoms with Crippen LogP contribution >= 0.6 is 0 Å². The second kappa shape index (κ2) is 1.62. The van der Waals surface area contributed by atoms with E-state index in [-0.39, 0.29) is 0 Å². The number of nitrogens with zero attached hydrogens (tertiary/aromatic N) is 2. The molecule has 1 radical (unpaired) electrons. The lowest BCUT2D eigenvalue weighted by Gasteiger charge is -1.86. The molecule has 1 aromatic heterocycles. The molecule has 0 amide bonds. The summed E-state index contributed by atoms with van der Waals surface area (Å²) in [5, 5.41) is 0. The van der Waals surface area contributed by atoms with E-state index in [1.165, 1.54) is 0 Å². The summed E-state index contributed by atoms with van der Waals surface area (Å²) in [7, 11) is 3.70. The van der Waals surface area contributed by atoms with Crippen LogP contribution in [0, 0.1) is 20.9 Å². The Hall–Kier alpha value is -0.790. The molecular weight excluding hydrogens is 100 g/mol. The molecule has 0 aliphatic heterocycles. The summed E-state index contributed by atoms with van der Waals surface area (Å²) >= 11 is 0. The average molecular weight is 109 g/mol. The highest BCUT2D eigenvalue weighted by Crippen LogP contribution is 1.96. The number of aryl methyl sites for hydroxylation is 2. The van der Waals surface area contributed by atoms with E-state index in [2.05, 4.69) is 12.0 Å². The summed E-state index contributed by atoms with van der Waals surface area (Å²) in [5.74, 6) is 0.961. The van der Waals surface area contributed by atoms with Gasteiger partial charge in [0.2, 0.25) is 0 Å². The Morgan fingerprint density at radius 2 is 2.25 bits per heavy atom. The van der Waals surface area contributed by atoms with Crippen molar-refractivity contribution in [3.8, 4) is 0 Å². The predicted octanol–water partition coefficient (Wildman–Crippen LogP) is 1.14. The van der Waals surface area contributed by atoms with Crippen LogP contribution in [0.2, 0.25) is 0 Å². The summed E-state index contributed by atoms with van der Waals surface area (Å²) in [4.78, 5) is 4.11. The van der Waals surface area contributed by atoms with Crippen molar-refractivity contribution in [1.82, 2.24) is 9.55 Å². The van der Waals surface area contributed by atoms with Gasteiger partial charge in [-0.3, -0.25) is 0 Å². The van der Waals surface area contributed by atoms with Gasteiger partial charge in [-0.15, -0.1) is 0 Å². The minimum Gasteiger partial charge on any atom is -0.333 e. The van der Waals surface area contributed by atoms with E-state index in [1.807, 2.05) is 20.0 Å². The Labute approximate surface area is 49.2 Å². The lowest BCUT2D eigenvalue weighted by Crippen LogP contribution is -1.84. The van der Waals surface area contributed by atoms with Gasteiger partial charge >= 0.3 is 0 Å². The van der Waals surface area contributed by atoms with Gasteiger partial charge in [-0.05, 0) is 13.8 Å². The Morgan fingerprint density at radius 1 is 1.62 bits per heavy atom. The zero-order chi connectivity index (χ0) is 6.15. The molecule has 0 unspecified atom stereocenters. The van der Waals surface area contributed by atoms with Crippen molar-refractivity contribution >= 4 is 0 Å². The summed E-state index contributed by atoms with van der Waals surface area (Å²) in [6, 6.07) is 0. The zero-order valence-electron chi connectivity index (χ0n) is 5.18. The lowest BCUT2D eigenvalue weighted by molar-refractivity contribution is 0.974. The van der Waals surface area contributed by atoms with Crippen LogP contribution in [-0.4, -0.2) is 9.55 Å². The third-order valence-electron chi connectivity index (χ3n) is 1.10. The maximum atomic E-state index is 4.11. The molecule has 43 valence electrons. The van der Waals surface area contributed by atoms with Gasteiger partial charge in [0.25, 0.3) is 0 Å². The van der Waals surface area contributed by atoms with Gasteiger partial charge in [0.05, 0.1) is 5.69 Å². The van der Waals surface area contributed by atoms with Crippen LogP contribution in [0.15, 0.2) is 6.20 Å². The number of aromatic nitrogens is 2. The quantitative estimate of drug-likeness (QED) is 0.488. The van der Waals surface area contributed by atoms with Crippen molar-refractivity contribution in [2.45, 2.75) is 13.8 Å². The minimum absolute atomic E-state index is 0.961. The van der Waals surface area contributed by atoms with Crippen molar-refractivity contribution in [1.29, 1.82) is 0 Å². The van der Waals surface area contributed by atoms with E-state index >= 15 is 0 Å². The maximum absolute atomic E-state index is 4.11. The van der Waals surface area contributed by atoms with Crippen molar-refractivity contribution < 1.29 is 0 Å². The van der Waals surface area contributed by atoms with Gasteiger partial charge in [0, 0.05) is 13.2 Å². The first-order valence-electron chi connectivity index (χ1n) is 2.53. The monoisotopic (exact) mass is 109 g/mol. The number of hydrogen-bond donors (Lipinski definition) is 0. The largest absolute Gasteiger partial charge is 0.333 e. The standard InChI is InChI=1S/C6H9N2/c1-5-4-8(3)6(2)7-5/h4H,3H2,1-2H3. The molecule has 0 N–H and O–H groups in total. The summed E-state index contributed by atoms with van der Waals surface area (Å²) in [6.07, 6.45) is 1.90. The fraction of sp³-hybridized carbons (Fsp3) is 0.333. The van der Waals surface area contributed by atoms with Crippen LogP contribution in [0.4, 0.5) is 0 Å². The summed E-state index contributed by atoms with van der Waals surface area (Å²) in [5.41, 5.74) is 1.03. The Morgan fingerprint density at radius 3 is 2.38 bits per heavy atom. The average Bonchev–Trinajstić information content (AvgIpc) is 1.85. The molecular formula is C6H9N2. The highest BCUT2D eigenvalue weighted by atomic mass is 15.0. The molecule has 1 rings (SSSR count). The molecule has 0 atom stereocenters. The minimum atomic E-state index is 0.961. The first-order chi connectivity index (χ1) is 3.70. The van der Waals surface area contributed by atoms with Crippen molar-refractivity contribution in [2.24, 2.45) is 0 Å². The highest BCUT2D eigenvalue weighted by Gasteiger charge is 1.91. The molecule has 0 spiro atoms. The number of rotatable bonds is 0.